The quantitative estimate of drug-likeness (QED) is 0.415. The van der Waals surface area contributed by atoms with E-state index in [4.69, 9.17) is 9.84 Å². The summed E-state index contributed by atoms with van der Waals surface area (Å²) in [4.78, 5) is 22.4. The van der Waals surface area contributed by atoms with Crippen molar-refractivity contribution >= 4 is 12.0 Å². The first-order chi connectivity index (χ1) is 8.97. The van der Waals surface area contributed by atoms with Crippen LogP contribution in [0.4, 0.5) is 4.79 Å². The molecule has 0 aliphatic carbocycles. The van der Waals surface area contributed by atoms with Crippen molar-refractivity contribution < 1.29 is 19.4 Å². The van der Waals surface area contributed by atoms with Crippen molar-refractivity contribution in [1.29, 1.82) is 0 Å². The molecular formula is C13H24N2O4. The molecule has 0 aliphatic heterocycles. The van der Waals surface area contributed by atoms with Crippen LogP contribution in [0, 0.1) is 0 Å². The van der Waals surface area contributed by atoms with Crippen LogP contribution in [-0.2, 0) is 9.53 Å². The Hall–Kier alpha value is -1.56. The number of nitrogens with one attached hydrogen (secondary N) is 2. The van der Waals surface area contributed by atoms with Gasteiger partial charge in [-0.3, -0.25) is 0 Å². The summed E-state index contributed by atoms with van der Waals surface area (Å²) in [6, 6.07) is -1.32. The summed E-state index contributed by atoms with van der Waals surface area (Å²) in [7, 11) is 0. The minimum atomic E-state index is -1.01. The third kappa shape index (κ3) is 10.1. The van der Waals surface area contributed by atoms with Crippen LogP contribution >= 0.6 is 0 Å². The second-order valence-electron chi connectivity index (χ2n) is 4.44. The van der Waals surface area contributed by atoms with E-state index in [-0.39, 0.29) is 0 Å². The van der Waals surface area contributed by atoms with Crippen molar-refractivity contribution in [3.8, 4) is 0 Å². The first-order valence-electron chi connectivity index (χ1n) is 6.46. The third-order valence-corrected chi connectivity index (χ3v) is 2.33. The standard InChI is InChI=1S/C13H24N2O4/c1-4-5-6-11(12(16)17)15-13(18)14-7-8-19-9-10(2)3/h11H,2,4-9H2,1,3H3,(H,16,17)(H2,14,15,18). The maximum atomic E-state index is 11.5. The summed E-state index contributed by atoms with van der Waals surface area (Å²) in [5.74, 6) is -1.01. The first-order valence-corrected chi connectivity index (χ1v) is 6.46. The van der Waals surface area contributed by atoms with Gasteiger partial charge in [-0.05, 0) is 13.3 Å². The van der Waals surface area contributed by atoms with Crippen LogP contribution in [0.25, 0.3) is 0 Å². The lowest BCUT2D eigenvalue weighted by molar-refractivity contribution is -0.139. The number of unbranched alkanes of at least 4 members (excludes halogenated alkanes) is 1. The van der Waals surface area contributed by atoms with Crippen molar-refractivity contribution in [3.63, 3.8) is 0 Å². The van der Waals surface area contributed by atoms with Crippen molar-refractivity contribution in [2.45, 2.75) is 39.2 Å². The van der Waals surface area contributed by atoms with E-state index in [1.165, 1.54) is 0 Å². The highest BCUT2D eigenvalue weighted by Gasteiger charge is 2.18. The SMILES string of the molecule is C=C(C)COCCNC(=O)NC(CCCC)C(=O)O. The van der Waals surface area contributed by atoms with Gasteiger partial charge in [-0.1, -0.05) is 31.9 Å². The van der Waals surface area contributed by atoms with Gasteiger partial charge in [0.1, 0.15) is 6.04 Å². The minimum absolute atomic E-state index is 0.333. The largest absolute Gasteiger partial charge is 0.480 e. The Labute approximate surface area is 114 Å². The normalized spacial score (nSPS) is 11.7. The molecule has 2 amide bonds. The molecule has 1 atom stereocenters. The lowest BCUT2D eigenvalue weighted by Crippen LogP contribution is -2.46. The second-order valence-corrected chi connectivity index (χ2v) is 4.44. The number of rotatable bonds is 10. The lowest BCUT2D eigenvalue weighted by atomic mass is 10.1. The third-order valence-electron chi connectivity index (χ3n) is 2.33. The average Bonchev–Trinajstić information content (AvgIpc) is 2.33. The highest BCUT2D eigenvalue weighted by atomic mass is 16.5. The summed E-state index contributed by atoms with van der Waals surface area (Å²) < 4.78 is 5.20. The van der Waals surface area contributed by atoms with E-state index in [9.17, 15) is 9.59 Å². The van der Waals surface area contributed by atoms with E-state index < -0.39 is 18.0 Å². The molecule has 0 spiro atoms. The zero-order valence-electron chi connectivity index (χ0n) is 11.7. The summed E-state index contributed by atoms with van der Waals surface area (Å²) >= 11 is 0. The van der Waals surface area contributed by atoms with Crippen LogP contribution < -0.4 is 10.6 Å². The number of aliphatic carboxylic acids is 1. The van der Waals surface area contributed by atoms with Gasteiger partial charge in [0.15, 0.2) is 0 Å². The highest BCUT2D eigenvalue weighted by molar-refractivity contribution is 5.82. The number of urea groups is 1. The van der Waals surface area contributed by atoms with E-state index >= 15 is 0 Å². The maximum absolute atomic E-state index is 11.5. The molecule has 0 bridgehead atoms. The molecule has 0 fully saturated rings. The molecule has 19 heavy (non-hydrogen) atoms. The van der Waals surface area contributed by atoms with Crippen molar-refractivity contribution in [3.05, 3.63) is 12.2 Å². The van der Waals surface area contributed by atoms with Gasteiger partial charge < -0.3 is 20.5 Å². The molecule has 0 aromatic rings. The number of hydrogen-bond acceptors (Lipinski definition) is 3. The van der Waals surface area contributed by atoms with Crippen LogP contribution in [0.1, 0.15) is 33.1 Å². The molecule has 0 rings (SSSR count). The van der Waals surface area contributed by atoms with Gasteiger partial charge >= 0.3 is 12.0 Å². The highest BCUT2D eigenvalue weighted by Crippen LogP contribution is 2.00. The summed E-state index contributed by atoms with van der Waals surface area (Å²) in [6.07, 6.45) is 2.09. The molecule has 6 heteroatoms. The number of ether oxygens (including phenoxy) is 1. The first kappa shape index (κ1) is 17.4. The van der Waals surface area contributed by atoms with Gasteiger partial charge in [0.05, 0.1) is 13.2 Å². The molecule has 0 saturated carbocycles. The zero-order valence-corrected chi connectivity index (χ0v) is 11.7. The van der Waals surface area contributed by atoms with E-state index in [1.807, 2.05) is 13.8 Å². The number of amides is 2. The summed E-state index contributed by atoms with van der Waals surface area (Å²) in [5.41, 5.74) is 0.912. The van der Waals surface area contributed by atoms with Crippen molar-refractivity contribution in [2.75, 3.05) is 19.8 Å². The topological polar surface area (TPSA) is 87.7 Å². The zero-order chi connectivity index (χ0) is 14.7. The summed E-state index contributed by atoms with van der Waals surface area (Å²) in [5, 5.41) is 13.9. The van der Waals surface area contributed by atoms with Crippen LogP contribution in [0.2, 0.25) is 0 Å². The Bertz CT molecular complexity index is 305. The smallest absolute Gasteiger partial charge is 0.326 e. The fourth-order valence-electron chi connectivity index (χ4n) is 1.36. The van der Waals surface area contributed by atoms with Gasteiger partial charge in [0, 0.05) is 6.54 Å². The van der Waals surface area contributed by atoms with Crippen LogP contribution in [0.5, 0.6) is 0 Å². The maximum Gasteiger partial charge on any atom is 0.326 e. The predicted octanol–water partition coefficient (Wildman–Crippen LogP) is 1.52. The molecule has 0 radical (unpaired) electrons. The molecule has 3 N–H and O–H groups in total. The van der Waals surface area contributed by atoms with Crippen molar-refractivity contribution in [2.24, 2.45) is 0 Å². The van der Waals surface area contributed by atoms with E-state index in [2.05, 4.69) is 17.2 Å². The molecule has 1 unspecified atom stereocenters. The Morgan fingerprint density at radius 3 is 2.63 bits per heavy atom. The lowest BCUT2D eigenvalue weighted by Gasteiger charge is -2.14. The van der Waals surface area contributed by atoms with E-state index in [0.717, 1.165) is 18.4 Å². The van der Waals surface area contributed by atoms with Crippen LogP contribution in [0.15, 0.2) is 12.2 Å². The predicted molar refractivity (Wildman–Crippen MR) is 73.1 cm³/mol. The molecule has 110 valence electrons. The molecule has 6 nitrogen and oxygen atoms in total. The van der Waals surface area contributed by atoms with Gasteiger partial charge in [0.25, 0.3) is 0 Å². The molecule has 0 aromatic heterocycles. The average molecular weight is 272 g/mol. The Balaban J connectivity index is 3.80. The Kier molecular flexibility index (Phi) is 9.52. The van der Waals surface area contributed by atoms with Crippen LogP contribution in [-0.4, -0.2) is 42.9 Å². The number of carboxylic acid groups (broad SMARTS) is 1. The van der Waals surface area contributed by atoms with Crippen molar-refractivity contribution in [1.82, 2.24) is 10.6 Å². The monoisotopic (exact) mass is 272 g/mol. The van der Waals surface area contributed by atoms with E-state index in [0.29, 0.717) is 26.2 Å². The Morgan fingerprint density at radius 1 is 1.42 bits per heavy atom. The second kappa shape index (κ2) is 10.4. The molecule has 0 aliphatic rings. The van der Waals surface area contributed by atoms with Gasteiger partial charge in [-0.15, -0.1) is 0 Å². The minimum Gasteiger partial charge on any atom is -0.480 e. The number of carboxylic acids is 1. The van der Waals surface area contributed by atoms with Gasteiger partial charge in [-0.25, -0.2) is 9.59 Å². The number of carbonyl (C=O) groups is 2. The van der Waals surface area contributed by atoms with E-state index in [1.54, 1.807) is 0 Å². The molecule has 0 saturated heterocycles. The Morgan fingerprint density at radius 2 is 2.11 bits per heavy atom. The summed E-state index contributed by atoms with van der Waals surface area (Å²) in [6.45, 7) is 8.66. The fraction of sp³-hybridized carbons (Fsp3) is 0.692. The van der Waals surface area contributed by atoms with Gasteiger partial charge in [0.2, 0.25) is 0 Å². The number of hydrogen-bond donors (Lipinski definition) is 3. The number of carbonyl (C=O) groups excluding carboxylic acids is 1. The molecular weight excluding hydrogens is 248 g/mol. The molecule has 0 aromatic carbocycles. The fourth-order valence-corrected chi connectivity index (χ4v) is 1.36. The van der Waals surface area contributed by atoms with Crippen LogP contribution in [0.3, 0.4) is 0 Å². The molecule has 0 heterocycles. The van der Waals surface area contributed by atoms with Gasteiger partial charge in [-0.2, -0.15) is 0 Å².